The van der Waals surface area contributed by atoms with Gasteiger partial charge in [-0.05, 0) is 60.2 Å². The number of nitrogens with one attached hydrogen (secondary N) is 1. The number of fused-ring (bicyclic) bond motifs is 1. The van der Waals surface area contributed by atoms with Gasteiger partial charge in [-0.1, -0.05) is 12.1 Å². The van der Waals surface area contributed by atoms with Crippen molar-refractivity contribution in [3.05, 3.63) is 53.1 Å². The Kier molecular flexibility index (Phi) is 6.19. The summed E-state index contributed by atoms with van der Waals surface area (Å²) in [6.45, 7) is 4.29. The van der Waals surface area contributed by atoms with Crippen molar-refractivity contribution in [2.24, 2.45) is 0 Å². The molecule has 1 heterocycles. The average Bonchev–Trinajstić information content (AvgIpc) is 2.83. The van der Waals surface area contributed by atoms with E-state index in [4.69, 9.17) is 9.47 Å². The van der Waals surface area contributed by atoms with E-state index in [0.29, 0.717) is 0 Å². The van der Waals surface area contributed by atoms with E-state index in [1.165, 1.54) is 24.3 Å². The van der Waals surface area contributed by atoms with Gasteiger partial charge in [0.15, 0.2) is 11.5 Å². The molecular formula is C21H23NO4S. The molecule has 0 aromatic heterocycles. The van der Waals surface area contributed by atoms with Crippen LogP contribution >= 0.6 is 11.8 Å². The van der Waals surface area contributed by atoms with E-state index < -0.39 is 11.9 Å². The van der Waals surface area contributed by atoms with Gasteiger partial charge in [-0.15, -0.1) is 11.8 Å². The van der Waals surface area contributed by atoms with Gasteiger partial charge in [-0.2, -0.15) is 0 Å². The van der Waals surface area contributed by atoms with Gasteiger partial charge < -0.3 is 14.8 Å². The van der Waals surface area contributed by atoms with Crippen LogP contribution in [0.2, 0.25) is 0 Å². The van der Waals surface area contributed by atoms with Crippen LogP contribution in [0.25, 0.3) is 0 Å². The van der Waals surface area contributed by atoms with E-state index in [1.54, 1.807) is 11.8 Å². The summed E-state index contributed by atoms with van der Waals surface area (Å²) < 4.78 is 10.6. The first-order chi connectivity index (χ1) is 13.0. The van der Waals surface area contributed by atoms with Crippen molar-refractivity contribution < 1.29 is 19.1 Å². The predicted molar refractivity (Wildman–Crippen MR) is 106 cm³/mol. The minimum Gasteiger partial charge on any atom is -0.423 e. The Morgan fingerprint density at radius 2 is 1.78 bits per heavy atom. The lowest BCUT2D eigenvalue weighted by Crippen LogP contribution is -2.21. The summed E-state index contributed by atoms with van der Waals surface area (Å²) in [6, 6.07) is 12.1. The third-order valence-electron chi connectivity index (χ3n) is 4.50. The highest BCUT2D eigenvalue weighted by atomic mass is 32.2. The molecule has 1 aliphatic rings. The highest BCUT2D eigenvalue weighted by Crippen LogP contribution is 2.38. The van der Waals surface area contributed by atoms with Crippen LogP contribution < -0.4 is 14.8 Å². The Hall–Kier alpha value is -2.31. The molecule has 0 bridgehead atoms. The summed E-state index contributed by atoms with van der Waals surface area (Å²) in [4.78, 5) is 24.2. The maximum Gasteiger partial charge on any atom is 0.308 e. The average molecular weight is 385 g/mol. The van der Waals surface area contributed by atoms with E-state index in [1.807, 2.05) is 12.1 Å². The molecule has 2 aromatic rings. The highest BCUT2D eigenvalue weighted by molar-refractivity contribution is 7.98. The van der Waals surface area contributed by atoms with Crippen LogP contribution in [-0.2, 0) is 16.0 Å². The van der Waals surface area contributed by atoms with Crippen LogP contribution in [0.3, 0.4) is 0 Å². The second kappa shape index (κ2) is 8.59. The summed E-state index contributed by atoms with van der Waals surface area (Å²) in [6.07, 6.45) is 2.87. The van der Waals surface area contributed by atoms with Crippen molar-refractivity contribution in [1.82, 2.24) is 5.32 Å². The van der Waals surface area contributed by atoms with Gasteiger partial charge in [-0.25, -0.2) is 0 Å². The lowest BCUT2D eigenvalue weighted by atomic mass is 9.87. The Morgan fingerprint density at radius 3 is 2.44 bits per heavy atom. The first-order valence-electron chi connectivity index (χ1n) is 8.86. The van der Waals surface area contributed by atoms with Crippen molar-refractivity contribution in [1.29, 1.82) is 0 Å². The van der Waals surface area contributed by atoms with Crippen LogP contribution in [0, 0.1) is 0 Å². The molecule has 142 valence electrons. The van der Waals surface area contributed by atoms with Crippen molar-refractivity contribution in [2.45, 2.75) is 31.1 Å². The lowest BCUT2D eigenvalue weighted by molar-refractivity contribution is -0.134. The molecule has 0 saturated carbocycles. The minimum absolute atomic E-state index is 0.121. The quantitative estimate of drug-likeness (QED) is 0.493. The fourth-order valence-electron chi connectivity index (χ4n) is 3.36. The summed E-state index contributed by atoms with van der Waals surface area (Å²) in [5.41, 5.74) is 3.38. The maximum absolute atomic E-state index is 11.5. The van der Waals surface area contributed by atoms with E-state index in [9.17, 15) is 9.59 Å². The van der Waals surface area contributed by atoms with E-state index >= 15 is 0 Å². The zero-order chi connectivity index (χ0) is 19.4. The number of rotatable bonds is 4. The zero-order valence-electron chi connectivity index (χ0n) is 15.7. The van der Waals surface area contributed by atoms with E-state index in [-0.39, 0.29) is 17.4 Å². The monoisotopic (exact) mass is 385 g/mol. The Morgan fingerprint density at radius 1 is 1.07 bits per heavy atom. The number of ether oxygens (including phenoxy) is 2. The molecule has 3 rings (SSSR count). The van der Waals surface area contributed by atoms with Crippen molar-refractivity contribution in [3.63, 3.8) is 0 Å². The summed E-state index contributed by atoms with van der Waals surface area (Å²) in [7, 11) is 0. The van der Waals surface area contributed by atoms with Crippen molar-refractivity contribution in [2.75, 3.05) is 19.3 Å². The molecule has 0 fully saturated rings. The molecular weight excluding hydrogens is 362 g/mol. The van der Waals surface area contributed by atoms with Gasteiger partial charge in [0, 0.05) is 31.2 Å². The molecule has 0 saturated heterocycles. The third kappa shape index (κ3) is 4.70. The molecule has 5 nitrogen and oxygen atoms in total. The van der Waals surface area contributed by atoms with Gasteiger partial charge in [0.2, 0.25) is 0 Å². The summed E-state index contributed by atoms with van der Waals surface area (Å²) in [5, 5.41) is 3.48. The maximum atomic E-state index is 11.5. The predicted octanol–water partition coefficient (Wildman–Crippen LogP) is 3.54. The molecule has 0 radical (unpaired) electrons. The molecule has 0 spiro atoms. The Labute approximate surface area is 163 Å². The second-order valence-corrected chi connectivity index (χ2v) is 7.35. The van der Waals surface area contributed by atoms with E-state index in [2.05, 4.69) is 35.8 Å². The standard InChI is InChI=1S/C21H23NO4S/c1-13(23)25-20-10-16-7-8-22-12-19(15-5-4-6-17(9-15)27-3)18(16)11-21(20)26-14(2)24/h4-6,9-11,19,22H,7-8,12H2,1-3H3. The molecule has 0 aliphatic carbocycles. The number of benzene rings is 2. The highest BCUT2D eigenvalue weighted by Gasteiger charge is 2.24. The molecule has 0 amide bonds. The topological polar surface area (TPSA) is 64.6 Å². The van der Waals surface area contributed by atoms with E-state index in [0.717, 1.165) is 30.6 Å². The number of thioether (sulfide) groups is 1. The molecule has 6 heteroatoms. The number of carbonyl (C=O) groups excluding carboxylic acids is 2. The Balaban J connectivity index is 2.10. The summed E-state index contributed by atoms with van der Waals surface area (Å²) in [5.74, 6) is -0.204. The van der Waals surface area contributed by atoms with Gasteiger partial charge in [0.05, 0.1) is 0 Å². The number of esters is 2. The van der Waals surface area contributed by atoms with Gasteiger partial charge in [-0.3, -0.25) is 9.59 Å². The fraction of sp³-hybridized carbons (Fsp3) is 0.333. The lowest BCUT2D eigenvalue weighted by Gasteiger charge is -2.21. The first kappa shape index (κ1) is 19.5. The molecule has 27 heavy (non-hydrogen) atoms. The second-order valence-electron chi connectivity index (χ2n) is 6.47. The SMILES string of the molecule is CSc1cccc(C2CNCCc3cc(OC(C)=O)c(OC(C)=O)cc32)c1. The van der Waals surface area contributed by atoms with Crippen molar-refractivity contribution >= 4 is 23.7 Å². The molecule has 1 aliphatic heterocycles. The van der Waals surface area contributed by atoms with Crippen LogP contribution in [0.5, 0.6) is 11.5 Å². The first-order valence-corrected chi connectivity index (χ1v) is 10.1. The van der Waals surface area contributed by atoms with Crippen LogP contribution in [0.1, 0.15) is 36.5 Å². The number of hydrogen-bond donors (Lipinski definition) is 1. The fourth-order valence-corrected chi connectivity index (χ4v) is 3.83. The Bertz CT molecular complexity index is 865. The van der Waals surface area contributed by atoms with Gasteiger partial charge >= 0.3 is 11.9 Å². The van der Waals surface area contributed by atoms with Gasteiger partial charge in [0.1, 0.15) is 0 Å². The third-order valence-corrected chi connectivity index (χ3v) is 5.23. The van der Waals surface area contributed by atoms with Crippen LogP contribution in [-0.4, -0.2) is 31.3 Å². The minimum atomic E-state index is -0.448. The smallest absolute Gasteiger partial charge is 0.308 e. The zero-order valence-corrected chi connectivity index (χ0v) is 16.5. The largest absolute Gasteiger partial charge is 0.423 e. The molecule has 2 aromatic carbocycles. The normalized spacial score (nSPS) is 16.2. The molecule has 1 atom stereocenters. The van der Waals surface area contributed by atoms with Crippen molar-refractivity contribution in [3.8, 4) is 11.5 Å². The number of hydrogen-bond acceptors (Lipinski definition) is 6. The molecule has 1 N–H and O–H groups in total. The van der Waals surface area contributed by atoms with Crippen LogP contribution in [0.15, 0.2) is 41.3 Å². The van der Waals surface area contributed by atoms with Gasteiger partial charge in [0.25, 0.3) is 0 Å². The molecule has 1 unspecified atom stereocenters. The number of carbonyl (C=O) groups is 2. The summed E-state index contributed by atoms with van der Waals surface area (Å²) >= 11 is 1.71. The van der Waals surface area contributed by atoms with Crippen LogP contribution in [0.4, 0.5) is 0 Å².